The number of carbonyl (C=O) groups is 2. The predicted octanol–water partition coefficient (Wildman–Crippen LogP) is 8.44. The molecule has 4 aliphatic heterocycles. The van der Waals surface area contributed by atoms with Gasteiger partial charge in [-0.2, -0.15) is 10.1 Å². The van der Waals surface area contributed by atoms with Crippen molar-refractivity contribution < 1.29 is 67.4 Å². The first-order valence-electron chi connectivity index (χ1n) is 29.1. The van der Waals surface area contributed by atoms with Crippen molar-refractivity contribution >= 4 is 12.2 Å². The van der Waals surface area contributed by atoms with Crippen LogP contribution in [0, 0.1) is 11.8 Å². The van der Waals surface area contributed by atoms with Crippen molar-refractivity contribution in [3.8, 4) is 11.5 Å². The Bertz CT molecular complexity index is 2260. The van der Waals surface area contributed by atoms with Gasteiger partial charge in [-0.3, -0.25) is 9.68 Å². The summed E-state index contributed by atoms with van der Waals surface area (Å²) in [5.41, 5.74) is 4.11. The molecular weight excluding hydrogens is 1020 g/mol. The molecule has 4 aromatic rings. The second-order valence-electron chi connectivity index (χ2n) is 22.0. The van der Waals surface area contributed by atoms with E-state index in [4.69, 9.17) is 47.6 Å². The highest BCUT2D eigenvalue weighted by atomic mass is 16.7. The Kier molecular flexibility index (Phi) is 22.7. The van der Waals surface area contributed by atoms with E-state index in [-0.39, 0.29) is 61.9 Å². The van der Waals surface area contributed by atoms with Gasteiger partial charge >= 0.3 is 12.2 Å². The molecular formula is C62H84N4O14. The predicted molar refractivity (Wildman–Crippen MR) is 297 cm³/mol. The number of benzene rings is 4. The number of alkyl carbamates (subject to hydrolysis) is 2. The third-order valence-electron chi connectivity index (χ3n) is 16.1. The van der Waals surface area contributed by atoms with Crippen molar-refractivity contribution in [3.63, 3.8) is 0 Å². The molecule has 4 heterocycles. The summed E-state index contributed by atoms with van der Waals surface area (Å²) < 4.78 is 44.9. The van der Waals surface area contributed by atoms with Gasteiger partial charge in [-0.1, -0.05) is 111 Å². The van der Waals surface area contributed by atoms with Gasteiger partial charge < -0.3 is 58.7 Å². The average molecular weight is 1110 g/mol. The molecule has 6 aliphatic rings. The van der Waals surface area contributed by atoms with E-state index in [9.17, 15) is 19.8 Å². The summed E-state index contributed by atoms with van der Waals surface area (Å²) >= 11 is 0. The molecule has 2 saturated carbocycles. The number of hydrogen-bond acceptors (Lipinski definition) is 16. The van der Waals surface area contributed by atoms with Crippen LogP contribution in [0.1, 0.15) is 99.3 Å². The number of ether oxygens (including phenoxy) is 8. The lowest BCUT2D eigenvalue weighted by Crippen LogP contribution is -2.50. The lowest BCUT2D eigenvalue weighted by atomic mass is 9.97. The van der Waals surface area contributed by atoms with Crippen LogP contribution in [0.5, 0.6) is 11.5 Å². The fraction of sp³-hybridized carbons (Fsp3) is 0.581. The van der Waals surface area contributed by atoms with Crippen LogP contribution in [0.2, 0.25) is 0 Å². The maximum Gasteiger partial charge on any atom is 0.407 e. The van der Waals surface area contributed by atoms with E-state index in [2.05, 4.69) is 10.6 Å². The van der Waals surface area contributed by atoms with Crippen molar-refractivity contribution in [1.82, 2.24) is 20.8 Å². The Labute approximate surface area is 471 Å². The first kappa shape index (κ1) is 59.2. The number of nitrogens with zero attached hydrogens (tertiary/aromatic N) is 2. The zero-order chi connectivity index (χ0) is 55.5. The Morgan fingerprint density at radius 2 is 0.900 bits per heavy atom. The average Bonchev–Trinajstić information content (AvgIpc) is 4.35. The van der Waals surface area contributed by atoms with Gasteiger partial charge in [-0.05, 0) is 111 Å². The molecule has 0 aromatic heterocycles. The fourth-order valence-electron chi connectivity index (χ4n) is 11.7. The highest BCUT2D eigenvalue weighted by Crippen LogP contribution is 2.34. The summed E-state index contributed by atoms with van der Waals surface area (Å²) in [5, 5.41) is 32.6. The van der Waals surface area contributed by atoms with E-state index in [0.29, 0.717) is 52.4 Å². The molecule has 10 atom stereocenters. The Morgan fingerprint density at radius 1 is 0.512 bits per heavy atom. The lowest BCUT2D eigenvalue weighted by molar-refractivity contribution is -0.214. The number of hydroxylamine groups is 4. The summed E-state index contributed by atoms with van der Waals surface area (Å²) in [6, 6.07) is 34.2. The van der Waals surface area contributed by atoms with E-state index in [0.717, 1.165) is 111 Å². The third-order valence-corrected chi connectivity index (χ3v) is 16.1. The molecule has 80 heavy (non-hydrogen) atoms. The maximum absolute atomic E-state index is 13.1. The summed E-state index contributed by atoms with van der Waals surface area (Å²) in [6.45, 7) is 3.43. The molecule has 2 amide bonds. The molecule has 0 bridgehead atoms. The van der Waals surface area contributed by atoms with Gasteiger partial charge in [-0.15, -0.1) is 0 Å². The smallest absolute Gasteiger partial charge is 0.407 e. The second kappa shape index (κ2) is 30.6. The summed E-state index contributed by atoms with van der Waals surface area (Å²) in [7, 11) is 3.29. The zero-order valence-corrected chi connectivity index (χ0v) is 46.6. The van der Waals surface area contributed by atoms with Gasteiger partial charge in [0.05, 0.1) is 77.0 Å². The number of fused-ring (bicyclic) bond motifs is 2. The number of hydrogen-bond donors (Lipinski definition) is 4. The van der Waals surface area contributed by atoms with E-state index in [1.54, 1.807) is 14.2 Å². The standard InChI is InChI=1S/2C31H42N2O7/c2*1-36-24-15-13-23(14-16-24)19-33(40-25-10-5-6-11-25)20-28(34)27(18-22-8-3-2-4-9-22)32-31(35)39-29-21-38-30-26(29)12-7-17-37-30/h2*2-4,8-9,13-16,25-30,34H,5-7,10-12,17-21H2,1H3,(H,32,35)/t2*26?,27-,28?,29?,30?/m00/s1. The molecule has 10 rings (SSSR count). The van der Waals surface area contributed by atoms with Gasteiger partial charge in [0.15, 0.2) is 12.6 Å². The van der Waals surface area contributed by atoms with Crippen LogP contribution < -0.4 is 20.1 Å². The van der Waals surface area contributed by atoms with Crippen LogP contribution in [0.3, 0.4) is 0 Å². The summed E-state index contributed by atoms with van der Waals surface area (Å²) in [4.78, 5) is 39.0. The first-order valence-corrected chi connectivity index (χ1v) is 29.1. The Morgan fingerprint density at radius 3 is 1.27 bits per heavy atom. The Hall–Kier alpha value is -5.38. The van der Waals surface area contributed by atoms with Gasteiger partial charge in [0, 0.05) is 38.1 Å². The molecule has 436 valence electrons. The van der Waals surface area contributed by atoms with Crippen LogP contribution in [-0.2, 0) is 64.0 Å². The second-order valence-corrected chi connectivity index (χ2v) is 22.0. The summed E-state index contributed by atoms with van der Waals surface area (Å²) in [5.74, 6) is 1.65. The maximum atomic E-state index is 13.1. The highest BCUT2D eigenvalue weighted by Gasteiger charge is 2.44. The quantitative estimate of drug-likeness (QED) is 0.0487. The number of methoxy groups -OCH3 is 2. The molecule has 6 fully saturated rings. The molecule has 18 nitrogen and oxygen atoms in total. The summed E-state index contributed by atoms with van der Waals surface area (Å²) in [6.07, 6.45) is 9.13. The van der Waals surface area contributed by atoms with Gasteiger partial charge in [0.1, 0.15) is 23.7 Å². The molecule has 8 unspecified atom stereocenters. The number of aliphatic hydroxyl groups is 2. The minimum absolute atomic E-state index is 0.0387. The van der Waals surface area contributed by atoms with Crippen molar-refractivity contribution in [1.29, 1.82) is 0 Å². The normalized spacial score (nSPS) is 24.4. The minimum atomic E-state index is -0.905. The molecule has 18 heteroatoms. The van der Waals surface area contributed by atoms with Crippen molar-refractivity contribution in [2.45, 2.75) is 164 Å². The van der Waals surface area contributed by atoms with Gasteiger partial charge in [0.25, 0.3) is 0 Å². The van der Waals surface area contributed by atoms with Crippen molar-refractivity contribution in [2.75, 3.05) is 53.7 Å². The number of rotatable bonds is 24. The topological polar surface area (TPSA) is 197 Å². The number of aliphatic hydroxyl groups excluding tert-OH is 2. The lowest BCUT2D eigenvalue weighted by Gasteiger charge is -2.32. The van der Waals surface area contributed by atoms with Crippen LogP contribution in [-0.4, -0.2) is 148 Å². The molecule has 0 spiro atoms. The molecule has 4 N–H and O–H groups in total. The van der Waals surface area contributed by atoms with Gasteiger partial charge in [0.2, 0.25) is 0 Å². The Balaban J connectivity index is 0.000000194. The fourth-order valence-corrected chi connectivity index (χ4v) is 11.7. The minimum Gasteiger partial charge on any atom is -0.497 e. The van der Waals surface area contributed by atoms with Gasteiger partial charge in [-0.25, -0.2) is 9.59 Å². The SMILES string of the molecule is COc1ccc(CN(CC(O)[C@H](Cc2ccccc2)NC(=O)OC2COC3OCCCC23)OC2CCCC2)cc1.COc1ccc(CN(CC(O)[C@H](Cc2ccccc2)NC(=O)OC2COC3OCCCC23)OC2CCCC2)cc1. The highest BCUT2D eigenvalue weighted by molar-refractivity contribution is 5.68. The van der Waals surface area contributed by atoms with Crippen LogP contribution in [0.25, 0.3) is 0 Å². The van der Waals surface area contributed by atoms with E-state index < -0.39 is 36.5 Å². The molecule has 4 aromatic carbocycles. The van der Waals surface area contributed by atoms with Crippen LogP contribution in [0.15, 0.2) is 109 Å². The van der Waals surface area contributed by atoms with Crippen LogP contribution in [0.4, 0.5) is 9.59 Å². The van der Waals surface area contributed by atoms with E-state index >= 15 is 0 Å². The first-order chi connectivity index (χ1) is 39.1. The van der Waals surface area contributed by atoms with Crippen molar-refractivity contribution in [3.05, 3.63) is 131 Å². The van der Waals surface area contributed by atoms with Crippen LogP contribution >= 0.6 is 0 Å². The monoisotopic (exact) mass is 1110 g/mol. The largest absolute Gasteiger partial charge is 0.497 e. The molecule has 0 radical (unpaired) electrons. The molecule has 2 aliphatic carbocycles. The number of carbonyl (C=O) groups excluding carboxylic acids is 2. The van der Waals surface area contributed by atoms with Crippen molar-refractivity contribution in [2.24, 2.45) is 11.8 Å². The zero-order valence-electron chi connectivity index (χ0n) is 46.6. The molecule has 4 saturated heterocycles. The van der Waals surface area contributed by atoms with E-state index in [1.165, 1.54) is 0 Å². The van der Waals surface area contributed by atoms with E-state index in [1.807, 2.05) is 119 Å². The third kappa shape index (κ3) is 17.8. The number of nitrogens with one attached hydrogen (secondary N) is 2. The number of amides is 2.